The standard InChI is InChI=1S/C19H22FN5O/c20-15-5-9-24(10-6-15)18-7-11-25-13-17(22-19(25)23-18)14-1-3-16(4-2-14)21-8-12-26/h1-4,7,11,13,15,21,26H,5-6,8-10,12H2. The number of nitrogens with zero attached hydrogens (tertiary/aromatic N) is 4. The van der Waals surface area contributed by atoms with Crippen LogP contribution in [-0.2, 0) is 0 Å². The zero-order valence-corrected chi connectivity index (χ0v) is 14.5. The van der Waals surface area contributed by atoms with E-state index in [1.165, 1.54) is 0 Å². The summed E-state index contributed by atoms with van der Waals surface area (Å²) < 4.78 is 15.2. The summed E-state index contributed by atoms with van der Waals surface area (Å²) in [5.74, 6) is 1.49. The normalized spacial score (nSPS) is 15.5. The molecule has 4 rings (SSSR count). The number of aromatic nitrogens is 3. The number of aliphatic hydroxyl groups is 1. The molecule has 3 aromatic rings. The molecule has 2 N–H and O–H groups in total. The first-order chi connectivity index (χ1) is 12.7. The Kier molecular flexibility index (Phi) is 4.71. The van der Waals surface area contributed by atoms with Gasteiger partial charge < -0.3 is 15.3 Å². The summed E-state index contributed by atoms with van der Waals surface area (Å²) in [5, 5.41) is 12.0. The first-order valence-corrected chi connectivity index (χ1v) is 8.93. The molecule has 7 heteroatoms. The molecule has 0 saturated carbocycles. The molecule has 0 bridgehead atoms. The zero-order chi connectivity index (χ0) is 17.9. The Morgan fingerprint density at radius 1 is 1.12 bits per heavy atom. The Bertz CT molecular complexity index is 871. The molecule has 2 aromatic heterocycles. The van der Waals surface area contributed by atoms with Gasteiger partial charge in [-0.3, -0.25) is 4.40 Å². The van der Waals surface area contributed by atoms with Crippen LogP contribution in [0.3, 0.4) is 0 Å². The topological polar surface area (TPSA) is 65.7 Å². The highest BCUT2D eigenvalue weighted by molar-refractivity contribution is 5.64. The smallest absolute Gasteiger partial charge is 0.236 e. The van der Waals surface area contributed by atoms with E-state index in [0.717, 1.165) is 22.8 Å². The Balaban J connectivity index is 1.55. The number of aliphatic hydroxyl groups excluding tert-OH is 1. The number of rotatable bonds is 5. The summed E-state index contributed by atoms with van der Waals surface area (Å²) in [7, 11) is 0. The quantitative estimate of drug-likeness (QED) is 0.737. The molecule has 1 fully saturated rings. The van der Waals surface area contributed by atoms with Crippen molar-refractivity contribution in [1.29, 1.82) is 0 Å². The molecule has 136 valence electrons. The second-order valence-corrected chi connectivity index (χ2v) is 6.51. The highest BCUT2D eigenvalue weighted by atomic mass is 19.1. The summed E-state index contributed by atoms with van der Waals surface area (Å²) in [5.41, 5.74) is 2.82. The molecule has 1 aliphatic rings. The SMILES string of the molecule is OCCNc1ccc(-c2cn3ccc(N4CCC(F)CC4)nc3n2)cc1. The maximum Gasteiger partial charge on any atom is 0.236 e. The van der Waals surface area contributed by atoms with Crippen LogP contribution in [0, 0.1) is 0 Å². The van der Waals surface area contributed by atoms with Gasteiger partial charge in [0.15, 0.2) is 0 Å². The Morgan fingerprint density at radius 3 is 2.62 bits per heavy atom. The molecule has 1 aromatic carbocycles. The van der Waals surface area contributed by atoms with Crippen molar-refractivity contribution in [1.82, 2.24) is 14.4 Å². The van der Waals surface area contributed by atoms with Gasteiger partial charge in [-0.25, -0.2) is 9.37 Å². The third kappa shape index (κ3) is 3.48. The minimum atomic E-state index is -0.692. The van der Waals surface area contributed by atoms with Gasteiger partial charge in [-0.15, -0.1) is 0 Å². The molecule has 1 saturated heterocycles. The van der Waals surface area contributed by atoms with Crippen molar-refractivity contribution in [3.05, 3.63) is 42.7 Å². The molecular weight excluding hydrogens is 333 g/mol. The molecule has 6 nitrogen and oxygen atoms in total. The summed E-state index contributed by atoms with van der Waals surface area (Å²) in [6.07, 6.45) is 4.33. The maximum atomic E-state index is 13.3. The molecule has 0 amide bonds. The molecule has 26 heavy (non-hydrogen) atoms. The van der Waals surface area contributed by atoms with Crippen LogP contribution < -0.4 is 10.2 Å². The van der Waals surface area contributed by atoms with E-state index >= 15 is 0 Å². The number of nitrogens with one attached hydrogen (secondary N) is 1. The van der Waals surface area contributed by atoms with Crippen molar-refractivity contribution >= 4 is 17.3 Å². The minimum Gasteiger partial charge on any atom is -0.395 e. The van der Waals surface area contributed by atoms with Gasteiger partial charge in [-0.05, 0) is 31.0 Å². The first kappa shape index (κ1) is 16.8. The number of benzene rings is 1. The van der Waals surface area contributed by atoms with E-state index < -0.39 is 6.17 Å². The fourth-order valence-electron chi connectivity index (χ4n) is 3.21. The van der Waals surface area contributed by atoms with Gasteiger partial charge in [0.1, 0.15) is 12.0 Å². The Morgan fingerprint density at radius 2 is 1.88 bits per heavy atom. The van der Waals surface area contributed by atoms with E-state index in [2.05, 4.69) is 20.2 Å². The average molecular weight is 355 g/mol. The molecule has 0 atom stereocenters. The summed E-state index contributed by atoms with van der Waals surface area (Å²) in [6.45, 7) is 2.02. The molecule has 0 aliphatic carbocycles. The van der Waals surface area contributed by atoms with Crippen LogP contribution in [0.25, 0.3) is 17.0 Å². The third-order valence-corrected chi connectivity index (χ3v) is 4.68. The Hall–Kier alpha value is -2.67. The molecule has 0 unspecified atom stereocenters. The van der Waals surface area contributed by atoms with Crippen LogP contribution in [0.4, 0.5) is 15.9 Å². The lowest BCUT2D eigenvalue weighted by Gasteiger charge is -2.29. The summed E-state index contributed by atoms with van der Waals surface area (Å²) in [6, 6.07) is 9.88. The van der Waals surface area contributed by atoms with E-state index in [4.69, 9.17) is 5.11 Å². The van der Waals surface area contributed by atoms with Gasteiger partial charge in [0.25, 0.3) is 0 Å². The first-order valence-electron chi connectivity index (χ1n) is 8.93. The van der Waals surface area contributed by atoms with Gasteiger partial charge in [-0.2, -0.15) is 4.98 Å². The van der Waals surface area contributed by atoms with Crippen LogP contribution >= 0.6 is 0 Å². The van der Waals surface area contributed by atoms with Crippen molar-refractivity contribution in [2.45, 2.75) is 19.0 Å². The predicted octanol–water partition coefficient (Wildman–Crippen LogP) is 2.74. The number of imidazole rings is 1. The van der Waals surface area contributed by atoms with Crippen molar-refractivity contribution in [2.75, 3.05) is 36.5 Å². The fourth-order valence-corrected chi connectivity index (χ4v) is 3.21. The molecule has 0 spiro atoms. The van der Waals surface area contributed by atoms with Crippen LogP contribution in [0.5, 0.6) is 0 Å². The second-order valence-electron chi connectivity index (χ2n) is 6.51. The third-order valence-electron chi connectivity index (χ3n) is 4.68. The van der Waals surface area contributed by atoms with Crippen molar-refractivity contribution < 1.29 is 9.50 Å². The predicted molar refractivity (Wildman–Crippen MR) is 100 cm³/mol. The van der Waals surface area contributed by atoms with Crippen molar-refractivity contribution in [2.24, 2.45) is 0 Å². The zero-order valence-electron chi connectivity index (χ0n) is 14.5. The van der Waals surface area contributed by atoms with Gasteiger partial charge in [0.2, 0.25) is 5.78 Å². The molecular formula is C19H22FN5O. The van der Waals surface area contributed by atoms with Crippen LogP contribution in [0.1, 0.15) is 12.8 Å². The number of hydrogen-bond acceptors (Lipinski definition) is 5. The number of alkyl halides is 1. The number of halogens is 1. The lowest BCUT2D eigenvalue weighted by Crippen LogP contribution is -2.34. The Labute approximate surface area is 151 Å². The number of anilines is 2. The van der Waals surface area contributed by atoms with Crippen LogP contribution in [-0.4, -0.2) is 51.9 Å². The summed E-state index contributed by atoms with van der Waals surface area (Å²) in [4.78, 5) is 11.4. The highest BCUT2D eigenvalue weighted by Gasteiger charge is 2.19. The van der Waals surface area contributed by atoms with Crippen molar-refractivity contribution in [3.63, 3.8) is 0 Å². The maximum absolute atomic E-state index is 13.3. The van der Waals surface area contributed by atoms with Crippen LogP contribution in [0.15, 0.2) is 42.7 Å². The number of hydrogen-bond donors (Lipinski definition) is 2. The van der Waals surface area contributed by atoms with Gasteiger partial charge in [0, 0.05) is 43.3 Å². The molecule has 3 heterocycles. The lowest BCUT2D eigenvalue weighted by atomic mass is 10.1. The monoisotopic (exact) mass is 355 g/mol. The second kappa shape index (κ2) is 7.29. The lowest BCUT2D eigenvalue weighted by molar-refractivity contribution is 0.277. The van der Waals surface area contributed by atoms with E-state index in [1.807, 2.05) is 47.1 Å². The molecule has 1 aliphatic heterocycles. The van der Waals surface area contributed by atoms with Gasteiger partial charge >= 0.3 is 0 Å². The summed E-state index contributed by atoms with van der Waals surface area (Å²) >= 11 is 0. The molecule has 0 radical (unpaired) electrons. The minimum absolute atomic E-state index is 0.102. The number of fused-ring (bicyclic) bond motifs is 1. The van der Waals surface area contributed by atoms with Gasteiger partial charge in [-0.1, -0.05) is 12.1 Å². The van der Waals surface area contributed by atoms with E-state index in [1.54, 1.807) is 0 Å². The number of piperidine rings is 1. The van der Waals surface area contributed by atoms with Crippen LogP contribution in [0.2, 0.25) is 0 Å². The van der Waals surface area contributed by atoms with E-state index in [0.29, 0.717) is 38.3 Å². The van der Waals surface area contributed by atoms with E-state index in [9.17, 15) is 4.39 Å². The average Bonchev–Trinajstić information content (AvgIpc) is 3.10. The highest BCUT2D eigenvalue weighted by Crippen LogP contribution is 2.23. The largest absolute Gasteiger partial charge is 0.395 e. The van der Waals surface area contributed by atoms with Gasteiger partial charge in [0.05, 0.1) is 12.3 Å². The van der Waals surface area contributed by atoms with E-state index in [-0.39, 0.29) is 6.61 Å². The fraction of sp³-hybridized carbons (Fsp3) is 0.368. The van der Waals surface area contributed by atoms with Crippen molar-refractivity contribution in [3.8, 4) is 11.3 Å².